The molecule has 0 bridgehead atoms. The fraction of sp³-hybridized carbons (Fsp3) is 0.533. The van der Waals surface area contributed by atoms with Crippen LogP contribution in [0.2, 0.25) is 0 Å². The van der Waals surface area contributed by atoms with Crippen LogP contribution in [0, 0.1) is 11.7 Å². The molecule has 2 atom stereocenters. The zero-order valence-corrected chi connectivity index (χ0v) is 11.3. The van der Waals surface area contributed by atoms with Gasteiger partial charge in [0.2, 0.25) is 5.91 Å². The van der Waals surface area contributed by atoms with Crippen LogP contribution in [0.15, 0.2) is 24.3 Å². The number of halogens is 1. The summed E-state index contributed by atoms with van der Waals surface area (Å²) in [5, 5.41) is 0. The van der Waals surface area contributed by atoms with Gasteiger partial charge in [-0.1, -0.05) is 25.5 Å². The summed E-state index contributed by atoms with van der Waals surface area (Å²) in [6.07, 6.45) is 2.11. The summed E-state index contributed by atoms with van der Waals surface area (Å²) in [7, 11) is 0. The Balaban J connectivity index is 1.97. The maximum absolute atomic E-state index is 13.1. The first-order valence-electron chi connectivity index (χ1n) is 6.88. The van der Waals surface area contributed by atoms with Gasteiger partial charge in [0.05, 0.1) is 6.42 Å². The molecule has 19 heavy (non-hydrogen) atoms. The molecule has 0 aromatic heterocycles. The average molecular weight is 264 g/mol. The fourth-order valence-electron chi connectivity index (χ4n) is 2.64. The summed E-state index contributed by atoms with van der Waals surface area (Å²) in [6.45, 7) is 3.54. The Hall–Kier alpha value is -1.42. The lowest BCUT2D eigenvalue weighted by Gasteiger charge is -2.36. The number of benzene rings is 1. The fourth-order valence-corrected chi connectivity index (χ4v) is 2.64. The van der Waals surface area contributed by atoms with Crippen LogP contribution >= 0.6 is 0 Å². The molecule has 0 saturated carbocycles. The lowest BCUT2D eigenvalue weighted by atomic mass is 9.90. The van der Waals surface area contributed by atoms with Gasteiger partial charge in [-0.2, -0.15) is 0 Å². The van der Waals surface area contributed by atoms with E-state index in [1.807, 2.05) is 4.90 Å². The largest absolute Gasteiger partial charge is 0.342 e. The zero-order chi connectivity index (χ0) is 13.8. The monoisotopic (exact) mass is 264 g/mol. The second-order valence-corrected chi connectivity index (χ2v) is 5.27. The Morgan fingerprint density at radius 1 is 1.53 bits per heavy atom. The highest BCUT2D eigenvalue weighted by Crippen LogP contribution is 2.19. The van der Waals surface area contributed by atoms with E-state index in [1.165, 1.54) is 12.1 Å². The van der Waals surface area contributed by atoms with Crippen LogP contribution < -0.4 is 5.73 Å². The molecule has 2 rings (SSSR count). The number of carbonyl (C=O) groups excluding carboxylic acids is 1. The van der Waals surface area contributed by atoms with Gasteiger partial charge in [0.1, 0.15) is 5.82 Å². The number of nitrogens with zero attached hydrogens (tertiary/aromatic N) is 1. The predicted octanol–water partition coefficient (Wildman–Crippen LogP) is 1.95. The van der Waals surface area contributed by atoms with Crippen molar-refractivity contribution in [1.82, 2.24) is 4.90 Å². The molecule has 2 N–H and O–H groups in total. The number of hydrogen-bond donors (Lipinski definition) is 1. The summed E-state index contributed by atoms with van der Waals surface area (Å²) in [5.41, 5.74) is 6.77. The Kier molecular flexibility index (Phi) is 4.53. The molecule has 0 spiro atoms. The Morgan fingerprint density at radius 3 is 3.00 bits per heavy atom. The summed E-state index contributed by atoms with van der Waals surface area (Å²) < 4.78 is 13.1. The van der Waals surface area contributed by atoms with E-state index in [4.69, 9.17) is 5.73 Å². The minimum atomic E-state index is -0.294. The maximum Gasteiger partial charge on any atom is 0.227 e. The molecule has 1 aliphatic rings. The van der Waals surface area contributed by atoms with Gasteiger partial charge in [0.25, 0.3) is 0 Å². The van der Waals surface area contributed by atoms with E-state index in [0.717, 1.165) is 24.9 Å². The molecule has 0 aliphatic carbocycles. The van der Waals surface area contributed by atoms with Crippen molar-refractivity contribution >= 4 is 5.91 Å². The molecule has 1 amide bonds. The van der Waals surface area contributed by atoms with Gasteiger partial charge < -0.3 is 10.6 Å². The molecule has 104 valence electrons. The average Bonchev–Trinajstić information content (AvgIpc) is 2.39. The maximum atomic E-state index is 13.1. The molecular formula is C15H21FN2O. The topological polar surface area (TPSA) is 46.3 Å². The van der Waals surface area contributed by atoms with Gasteiger partial charge in [0.15, 0.2) is 0 Å². The van der Waals surface area contributed by atoms with Crippen LogP contribution in [0.1, 0.15) is 25.3 Å². The van der Waals surface area contributed by atoms with E-state index in [-0.39, 0.29) is 24.2 Å². The van der Waals surface area contributed by atoms with Crippen molar-refractivity contribution < 1.29 is 9.18 Å². The molecule has 4 heteroatoms. The number of rotatable bonds is 3. The van der Waals surface area contributed by atoms with Crippen molar-refractivity contribution in [3.05, 3.63) is 35.6 Å². The Bertz CT molecular complexity index is 450. The Labute approximate surface area is 113 Å². The summed E-state index contributed by atoms with van der Waals surface area (Å²) in [6, 6.07) is 6.43. The number of likely N-dealkylation sites (tertiary alicyclic amines) is 1. The zero-order valence-electron chi connectivity index (χ0n) is 11.3. The molecule has 1 saturated heterocycles. The lowest BCUT2D eigenvalue weighted by Crippen LogP contribution is -2.49. The van der Waals surface area contributed by atoms with E-state index in [2.05, 4.69) is 6.92 Å². The van der Waals surface area contributed by atoms with E-state index in [1.54, 1.807) is 12.1 Å². The number of piperidine rings is 1. The molecule has 1 aliphatic heterocycles. The normalized spacial score (nSPS) is 23.4. The predicted molar refractivity (Wildman–Crippen MR) is 73.1 cm³/mol. The molecule has 1 aromatic carbocycles. The third-order valence-electron chi connectivity index (χ3n) is 3.91. The third kappa shape index (κ3) is 3.53. The van der Waals surface area contributed by atoms with Gasteiger partial charge in [-0.05, 0) is 30.0 Å². The Morgan fingerprint density at radius 2 is 2.32 bits per heavy atom. The minimum absolute atomic E-state index is 0.0657. The molecule has 1 aromatic rings. The molecule has 1 fully saturated rings. The van der Waals surface area contributed by atoms with Crippen molar-refractivity contribution in [2.24, 2.45) is 11.7 Å². The van der Waals surface area contributed by atoms with E-state index >= 15 is 0 Å². The van der Waals surface area contributed by atoms with Gasteiger partial charge in [-0.3, -0.25) is 4.79 Å². The van der Waals surface area contributed by atoms with Crippen molar-refractivity contribution in [2.75, 3.05) is 13.1 Å². The standard InChI is InChI=1S/C15H21FN2O/c1-2-12-10-18(7-6-14(12)17)15(19)9-11-4-3-5-13(16)8-11/h3-5,8,12,14H,2,6-7,9-10,17H2,1H3. The van der Waals surface area contributed by atoms with Gasteiger partial charge in [-0.25, -0.2) is 4.39 Å². The highest BCUT2D eigenvalue weighted by Gasteiger charge is 2.27. The second-order valence-electron chi connectivity index (χ2n) is 5.27. The van der Waals surface area contributed by atoms with Gasteiger partial charge in [0, 0.05) is 19.1 Å². The van der Waals surface area contributed by atoms with Gasteiger partial charge in [-0.15, -0.1) is 0 Å². The van der Waals surface area contributed by atoms with Crippen molar-refractivity contribution in [3.8, 4) is 0 Å². The van der Waals surface area contributed by atoms with Gasteiger partial charge >= 0.3 is 0 Å². The molecule has 3 nitrogen and oxygen atoms in total. The molecule has 0 radical (unpaired) electrons. The van der Waals surface area contributed by atoms with Crippen LogP contribution in [0.25, 0.3) is 0 Å². The van der Waals surface area contributed by atoms with E-state index in [9.17, 15) is 9.18 Å². The lowest BCUT2D eigenvalue weighted by molar-refractivity contribution is -0.132. The summed E-state index contributed by atoms with van der Waals surface area (Å²) in [4.78, 5) is 14.1. The molecule has 1 heterocycles. The highest BCUT2D eigenvalue weighted by atomic mass is 19.1. The van der Waals surface area contributed by atoms with Crippen molar-refractivity contribution in [3.63, 3.8) is 0 Å². The summed E-state index contributed by atoms with van der Waals surface area (Å²) in [5.74, 6) is 0.151. The number of nitrogens with two attached hydrogens (primary N) is 1. The van der Waals surface area contributed by atoms with Crippen LogP contribution in [-0.2, 0) is 11.2 Å². The highest BCUT2D eigenvalue weighted by molar-refractivity contribution is 5.78. The smallest absolute Gasteiger partial charge is 0.227 e. The molecule has 2 unspecified atom stereocenters. The van der Waals surface area contributed by atoms with Crippen molar-refractivity contribution in [1.29, 1.82) is 0 Å². The first kappa shape index (κ1) is 14.0. The second kappa shape index (κ2) is 6.15. The van der Waals surface area contributed by atoms with Crippen LogP contribution in [0.3, 0.4) is 0 Å². The number of amides is 1. The third-order valence-corrected chi connectivity index (χ3v) is 3.91. The quantitative estimate of drug-likeness (QED) is 0.907. The van der Waals surface area contributed by atoms with Crippen LogP contribution in [-0.4, -0.2) is 29.9 Å². The van der Waals surface area contributed by atoms with Crippen molar-refractivity contribution in [2.45, 2.75) is 32.2 Å². The number of hydrogen-bond acceptors (Lipinski definition) is 2. The summed E-state index contributed by atoms with van der Waals surface area (Å²) >= 11 is 0. The first-order valence-corrected chi connectivity index (χ1v) is 6.88. The molecular weight excluding hydrogens is 243 g/mol. The van der Waals surface area contributed by atoms with Crippen LogP contribution in [0.5, 0.6) is 0 Å². The van der Waals surface area contributed by atoms with E-state index in [0.29, 0.717) is 12.5 Å². The SMILES string of the molecule is CCC1CN(C(=O)Cc2cccc(F)c2)CCC1N. The minimum Gasteiger partial charge on any atom is -0.342 e. The van der Waals surface area contributed by atoms with E-state index < -0.39 is 0 Å². The number of carbonyl (C=O) groups is 1. The van der Waals surface area contributed by atoms with Crippen LogP contribution in [0.4, 0.5) is 4.39 Å². The first-order chi connectivity index (χ1) is 9.10.